The highest BCUT2D eigenvalue weighted by Crippen LogP contribution is 2.19. The summed E-state index contributed by atoms with van der Waals surface area (Å²) in [5.74, 6) is -1.68. The zero-order chi connectivity index (χ0) is 18.7. The van der Waals surface area contributed by atoms with Crippen molar-refractivity contribution in [2.45, 2.75) is 6.92 Å². The average Bonchev–Trinajstić information content (AvgIpc) is 2.61. The molecule has 0 radical (unpaired) electrons. The van der Waals surface area contributed by atoms with Crippen molar-refractivity contribution in [2.75, 3.05) is 5.32 Å². The molecule has 3 aromatic rings. The Morgan fingerprint density at radius 2 is 1.73 bits per heavy atom. The largest absolute Gasteiger partial charge is 0.478 e. The molecule has 0 saturated heterocycles. The Labute approximate surface area is 148 Å². The molecule has 1 heterocycles. The molecule has 0 saturated carbocycles. The molecule has 130 valence electrons. The van der Waals surface area contributed by atoms with E-state index in [0.29, 0.717) is 11.2 Å². The Balaban J connectivity index is 1.91. The van der Waals surface area contributed by atoms with Crippen molar-refractivity contribution in [3.8, 4) is 0 Å². The molecule has 2 aromatic carbocycles. The second-order valence-corrected chi connectivity index (χ2v) is 5.65. The summed E-state index contributed by atoms with van der Waals surface area (Å²) in [6, 6.07) is 14.8. The molecule has 0 atom stereocenters. The van der Waals surface area contributed by atoms with Gasteiger partial charge < -0.3 is 14.8 Å². The molecule has 6 heteroatoms. The molecule has 1 amide bonds. The quantitative estimate of drug-likeness (QED) is 0.555. The van der Waals surface area contributed by atoms with E-state index in [1.54, 1.807) is 43.3 Å². The number of allylic oxidation sites excluding steroid dienone is 1. The first-order valence-electron chi connectivity index (χ1n) is 7.80. The van der Waals surface area contributed by atoms with Gasteiger partial charge in [0.2, 0.25) is 5.91 Å². The van der Waals surface area contributed by atoms with E-state index in [0.717, 1.165) is 5.39 Å². The minimum Gasteiger partial charge on any atom is -0.478 e. The number of carbonyl (C=O) groups excluding carboxylic acids is 1. The molecular weight excluding hydrogens is 334 g/mol. The fourth-order valence-electron chi connectivity index (χ4n) is 2.56. The second kappa shape index (κ2) is 7.06. The maximum Gasteiger partial charge on any atom is 0.343 e. The first-order chi connectivity index (χ1) is 12.5. The van der Waals surface area contributed by atoms with Crippen molar-refractivity contribution >= 4 is 34.1 Å². The number of aromatic carboxylic acids is 1. The zero-order valence-corrected chi connectivity index (χ0v) is 13.9. The molecule has 0 bridgehead atoms. The molecule has 3 rings (SSSR count). The van der Waals surface area contributed by atoms with Crippen LogP contribution < -0.4 is 10.9 Å². The summed E-state index contributed by atoms with van der Waals surface area (Å²) in [5, 5.41) is 12.4. The number of rotatable bonds is 4. The summed E-state index contributed by atoms with van der Waals surface area (Å²) in [4.78, 5) is 35.6. The Morgan fingerprint density at radius 1 is 1.04 bits per heavy atom. The fraction of sp³-hybridized carbons (Fsp3) is 0.0500. The number of carbonyl (C=O) groups is 2. The monoisotopic (exact) mass is 349 g/mol. The van der Waals surface area contributed by atoms with Crippen molar-refractivity contribution in [1.82, 2.24) is 0 Å². The molecule has 6 nitrogen and oxygen atoms in total. The molecule has 0 aliphatic rings. The smallest absolute Gasteiger partial charge is 0.343 e. The van der Waals surface area contributed by atoms with E-state index in [9.17, 15) is 14.4 Å². The Morgan fingerprint density at radius 3 is 2.50 bits per heavy atom. The van der Waals surface area contributed by atoms with Crippen LogP contribution in [0.15, 0.2) is 69.9 Å². The number of amides is 1. The topological polar surface area (TPSA) is 96.6 Å². The van der Waals surface area contributed by atoms with E-state index >= 15 is 0 Å². The molecule has 0 spiro atoms. The summed E-state index contributed by atoms with van der Waals surface area (Å²) in [7, 11) is 0. The van der Waals surface area contributed by atoms with Crippen LogP contribution in [-0.4, -0.2) is 17.0 Å². The summed E-state index contributed by atoms with van der Waals surface area (Å²) in [6.45, 7) is 1.61. The van der Waals surface area contributed by atoms with Crippen LogP contribution in [0.4, 0.5) is 5.69 Å². The van der Waals surface area contributed by atoms with Crippen LogP contribution in [0.25, 0.3) is 16.5 Å². The first-order valence-corrected chi connectivity index (χ1v) is 7.80. The van der Waals surface area contributed by atoms with Crippen molar-refractivity contribution in [2.24, 2.45) is 0 Å². The summed E-state index contributed by atoms with van der Waals surface area (Å²) >= 11 is 0. The molecule has 0 aliphatic heterocycles. The van der Waals surface area contributed by atoms with Crippen LogP contribution in [0.5, 0.6) is 0 Å². The van der Waals surface area contributed by atoms with E-state index in [2.05, 4.69) is 5.32 Å². The third kappa shape index (κ3) is 3.54. The molecule has 0 fully saturated rings. The highest BCUT2D eigenvalue weighted by atomic mass is 16.4. The van der Waals surface area contributed by atoms with Crippen LogP contribution in [0.2, 0.25) is 0 Å². The Hall–Kier alpha value is -3.67. The first kappa shape index (κ1) is 17.2. The predicted molar refractivity (Wildman–Crippen MR) is 98.2 cm³/mol. The van der Waals surface area contributed by atoms with Gasteiger partial charge in [0.1, 0.15) is 5.58 Å². The third-order valence-corrected chi connectivity index (χ3v) is 3.83. The van der Waals surface area contributed by atoms with Crippen LogP contribution in [0.3, 0.4) is 0 Å². The Bertz CT molecular complexity index is 1090. The number of hydrogen-bond donors (Lipinski definition) is 2. The van der Waals surface area contributed by atoms with Crippen molar-refractivity contribution in [3.05, 3.63) is 82.2 Å². The van der Waals surface area contributed by atoms with Gasteiger partial charge in [-0.05, 0) is 36.8 Å². The minimum absolute atomic E-state index is 0.0166. The van der Waals surface area contributed by atoms with Gasteiger partial charge in [0, 0.05) is 11.5 Å². The van der Waals surface area contributed by atoms with Gasteiger partial charge in [-0.15, -0.1) is 0 Å². The SMILES string of the molecule is CC(=CC(=O)Nc1ccccc1C(=O)O)c1cc2ccccc2oc1=O. The van der Waals surface area contributed by atoms with Gasteiger partial charge in [-0.25, -0.2) is 9.59 Å². The maximum atomic E-state index is 12.2. The van der Waals surface area contributed by atoms with E-state index in [1.165, 1.54) is 18.2 Å². The highest BCUT2D eigenvalue weighted by Gasteiger charge is 2.12. The number of hydrogen-bond acceptors (Lipinski definition) is 4. The van der Waals surface area contributed by atoms with Gasteiger partial charge >= 0.3 is 11.6 Å². The number of benzene rings is 2. The van der Waals surface area contributed by atoms with E-state index in [-0.39, 0.29) is 16.8 Å². The average molecular weight is 349 g/mol. The predicted octanol–water partition coefficient (Wildman–Crippen LogP) is 3.53. The van der Waals surface area contributed by atoms with Crippen molar-refractivity contribution < 1.29 is 19.1 Å². The molecule has 1 aromatic heterocycles. The van der Waals surface area contributed by atoms with E-state index in [1.807, 2.05) is 6.07 Å². The minimum atomic E-state index is -1.14. The lowest BCUT2D eigenvalue weighted by Crippen LogP contribution is -2.13. The molecule has 0 unspecified atom stereocenters. The summed E-state index contributed by atoms with van der Waals surface area (Å²) in [6.07, 6.45) is 1.24. The van der Waals surface area contributed by atoms with Gasteiger partial charge in [0.25, 0.3) is 0 Å². The lowest BCUT2D eigenvalue weighted by Gasteiger charge is -2.07. The zero-order valence-electron chi connectivity index (χ0n) is 13.9. The second-order valence-electron chi connectivity index (χ2n) is 5.65. The van der Waals surface area contributed by atoms with E-state index < -0.39 is 17.5 Å². The highest BCUT2D eigenvalue weighted by molar-refractivity contribution is 6.07. The number of carboxylic acids is 1. The fourth-order valence-corrected chi connectivity index (χ4v) is 2.56. The number of para-hydroxylation sites is 2. The Kier molecular flexibility index (Phi) is 4.66. The van der Waals surface area contributed by atoms with Crippen molar-refractivity contribution in [3.63, 3.8) is 0 Å². The third-order valence-electron chi connectivity index (χ3n) is 3.83. The normalized spacial score (nSPS) is 11.3. The van der Waals surface area contributed by atoms with E-state index in [4.69, 9.17) is 9.52 Å². The van der Waals surface area contributed by atoms with Gasteiger partial charge in [0.15, 0.2) is 0 Å². The molecule has 2 N–H and O–H groups in total. The number of anilines is 1. The molecule has 26 heavy (non-hydrogen) atoms. The number of carboxylic acid groups (broad SMARTS) is 1. The number of nitrogens with one attached hydrogen (secondary N) is 1. The van der Waals surface area contributed by atoms with Gasteiger partial charge in [-0.1, -0.05) is 30.3 Å². The molecular formula is C20H15NO5. The van der Waals surface area contributed by atoms with Gasteiger partial charge in [-0.3, -0.25) is 4.79 Å². The maximum absolute atomic E-state index is 12.2. The lowest BCUT2D eigenvalue weighted by atomic mass is 10.1. The summed E-state index contributed by atoms with van der Waals surface area (Å²) in [5.41, 5.74) is 0.766. The standard InChI is InChI=1S/C20H15NO5/c1-12(15-11-13-6-2-5-9-17(13)26-20(15)25)10-18(22)21-16-8-4-3-7-14(16)19(23)24/h2-11H,1H3,(H,21,22)(H,23,24). The number of fused-ring (bicyclic) bond motifs is 1. The molecule has 0 aliphatic carbocycles. The van der Waals surface area contributed by atoms with Crippen LogP contribution in [-0.2, 0) is 4.79 Å². The lowest BCUT2D eigenvalue weighted by molar-refractivity contribution is -0.111. The van der Waals surface area contributed by atoms with Crippen LogP contribution >= 0.6 is 0 Å². The van der Waals surface area contributed by atoms with Crippen LogP contribution in [0, 0.1) is 0 Å². The van der Waals surface area contributed by atoms with Crippen LogP contribution in [0.1, 0.15) is 22.8 Å². The van der Waals surface area contributed by atoms with Gasteiger partial charge in [0.05, 0.1) is 16.8 Å². The summed E-state index contributed by atoms with van der Waals surface area (Å²) < 4.78 is 5.26. The van der Waals surface area contributed by atoms with Crippen molar-refractivity contribution in [1.29, 1.82) is 0 Å². The van der Waals surface area contributed by atoms with Gasteiger partial charge in [-0.2, -0.15) is 0 Å².